The number of ether oxygens (including phenoxy) is 3. The van der Waals surface area contributed by atoms with Gasteiger partial charge in [0.15, 0.2) is 22.4 Å². The average molecular weight is 529 g/mol. The smallest absolute Gasteiger partial charge is 0.192 e. The van der Waals surface area contributed by atoms with Crippen LogP contribution in [0.2, 0.25) is 36.3 Å². The maximum Gasteiger partial charge on any atom is 0.192 e. The summed E-state index contributed by atoms with van der Waals surface area (Å²) in [4.78, 5) is 0. The van der Waals surface area contributed by atoms with E-state index in [1.165, 1.54) is 6.42 Å². The molecule has 3 rings (SSSR count). The maximum absolute atomic E-state index is 6.93. The fourth-order valence-corrected chi connectivity index (χ4v) is 7.64. The van der Waals surface area contributed by atoms with Crippen LogP contribution in [0.5, 0.6) is 0 Å². The topological polar surface area (TPSA) is 46.2 Å². The van der Waals surface area contributed by atoms with Crippen LogP contribution < -0.4 is 0 Å². The van der Waals surface area contributed by atoms with Crippen LogP contribution in [0.15, 0.2) is 0 Å². The van der Waals surface area contributed by atoms with Crippen LogP contribution in [0.4, 0.5) is 0 Å². The molecular weight excluding hydrogens is 472 g/mol. The lowest BCUT2D eigenvalue weighted by molar-refractivity contribution is -0.314. The van der Waals surface area contributed by atoms with Gasteiger partial charge >= 0.3 is 0 Å². The zero-order valence-corrected chi connectivity index (χ0v) is 26.8. The highest BCUT2D eigenvalue weighted by Gasteiger charge is 2.51. The van der Waals surface area contributed by atoms with E-state index in [9.17, 15) is 0 Å². The summed E-state index contributed by atoms with van der Waals surface area (Å²) in [5.41, 5.74) is 0. The molecular formula is C28H56O5Si2. The molecule has 1 unspecified atom stereocenters. The molecule has 3 heterocycles. The van der Waals surface area contributed by atoms with Crippen molar-refractivity contribution < 1.29 is 23.1 Å². The van der Waals surface area contributed by atoms with E-state index in [1.54, 1.807) is 0 Å². The third-order valence-corrected chi connectivity index (χ3v) is 18.6. The minimum absolute atomic E-state index is 0.114. The molecule has 0 aliphatic carbocycles. The quantitative estimate of drug-likeness (QED) is 0.303. The molecule has 0 aromatic heterocycles. The van der Waals surface area contributed by atoms with Crippen LogP contribution in [0.3, 0.4) is 0 Å². The van der Waals surface area contributed by atoms with Crippen LogP contribution >= 0.6 is 0 Å². The van der Waals surface area contributed by atoms with Gasteiger partial charge in [-0.3, -0.25) is 0 Å². The molecule has 0 N–H and O–H groups in total. The van der Waals surface area contributed by atoms with Gasteiger partial charge in [0, 0.05) is 19.3 Å². The normalized spacial score (nSPS) is 33.7. The Balaban J connectivity index is 1.62. The summed E-state index contributed by atoms with van der Waals surface area (Å²) < 4.78 is 33.0. The molecule has 0 aromatic rings. The van der Waals surface area contributed by atoms with Gasteiger partial charge in [0.2, 0.25) is 0 Å². The van der Waals surface area contributed by atoms with E-state index in [1.807, 2.05) is 0 Å². The Bertz CT molecular complexity index is 690. The monoisotopic (exact) mass is 528 g/mol. The van der Waals surface area contributed by atoms with Crippen molar-refractivity contribution in [1.82, 2.24) is 0 Å². The molecule has 0 amide bonds. The highest BCUT2D eigenvalue weighted by Crippen LogP contribution is 2.46. The van der Waals surface area contributed by atoms with Crippen LogP contribution in [0, 0.1) is 5.92 Å². The number of fused-ring (bicyclic) bond motifs is 1. The first-order valence-corrected chi connectivity index (χ1v) is 20.1. The van der Waals surface area contributed by atoms with Gasteiger partial charge in [-0.1, -0.05) is 48.5 Å². The molecule has 6 atom stereocenters. The van der Waals surface area contributed by atoms with Crippen molar-refractivity contribution in [2.75, 3.05) is 13.2 Å². The van der Waals surface area contributed by atoms with Crippen molar-refractivity contribution in [1.29, 1.82) is 0 Å². The van der Waals surface area contributed by atoms with E-state index in [0.717, 1.165) is 45.1 Å². The van der Waals surface area contributed by atoms with E-state index in [4.69, 9.17) is 23.1 Å². The Kier molecular flexibility index (Phi) is 9.17. The number of hydrogen-bond donors (Lipinski definition) is 0. The van der Waals surface area contributed by atoms with Gasteiger partial charge in [-0.2, -0.15) is 0 Å². The van der Waals surface area contributed by atoms with Crippen molar-refractivity contribution in [3.05, 3.63) is 0 Å². The molecule has 0 bridgehead atoms. The largest absolute Gasteiger partial charge is 0.414 e. The van der Waals surface area contributed by atoms with Crippen molar-refractivity contribution in [3.63, 3.8) is 0 Å². The number of rotatable bonds is 8. The van der Waals surface area contributed by atoms with Gasteiger partial charge in [-0.05, 0) is 67.9 Å². The van der Waals surface area contributed by atoms with Crippen molar-refractivity contribution in [3.8, 4) is 0 Å². The molecule has 206 valence electrons. The summed E-state index contributed by atoms with van der Waals surface area (Å²) in [5.74, 6) is 0.111. The Morgan fingerprint density at radius 1 is 0.971 bits per heavy atom. The summed E-state index contributed by atoms with van der Waals surface area (Å²) >= 11 is 0. The van der Waals surface area contributed by atoms with Crippen molar-refractivity contribution in [2.24, 2.45) is 5.92 Å². The average Bonchev–Trinajstić information content (AvgIpc) is 3.12. The van der Waals surface area contributed by atoms with Crippen LogP contribution in [-0.4, -0.2) is 60.1 Å². The molecule has 0 radical (unpaired) electrons. The first kappa shape index (κ1) is 29.8. The fourth-order valence-electron chi connectivity index (χ4n) is 5.23. The fraction of sp³-hybridized carbons (Fsp3) is 1.00. The summed E-state index contributed by atoms with van der Waals surface area (Å²) in [6.45, 7) is 27.1. The van der Waals surface area contributed by atoms with Crippen LogP contribution in [-0.2, 0) is 23.1 Å². The molecule has 7 heteroatoms. The minimum atomic E-state index is -1.90. The van der Waals surface area contributed by atoms with Crippen molar-refractivity contribution in [2.45, 2.75) is 160 Å². The molecule has 3 aliphatic rings. The predicted molar refractivity (Wildman–Crippen MR) is 149 cm³/mol. The van der Waals surface area contributed by atoms with E-state index in [0.29, 0.717) is 12.5 Å². The van der Waals surface area contributed by atoms with Crippen molar-refractivity contribution >= 4 is 16.6 Å². The first-order valence-electron chi connectivity index (χ1n) is 14.2. The van der Waals surface area contributed by atoms with Crippen LogP contribution in [0.25, 0.3) is 0 Å². The van der Waals surface area contributed by atoms with E-state index in [2.05, 4.69) is 74.7 Å². The van der Waals surface area contributed by atoms with Gasteiger partial charge in [0.1, 0.15) is 0 Å². The molecule has 0 aromatic carbocycles. The molecule has 1 spiro atoms. The molecule has 0 saturated carbocycles. The first-order chi connectivity index (χ1) is 15.9. The zero-order valence-electron chi connectivity index (χ0n) is 24.8. The third kappa shape index (κ3) is 7.21. The highest BCUT2D eigenvalue weighted by atomic mass is 28.4. The second-order valence-electron chi connectivity index (χ2n) is 14.7. The molecule has 5 nitrogen and oxygen atoms in total. The standard InChI is InChI=1S/C28H56O5Si2/c1-21-19-28(16-12-13-17-29-28)32-24-18-22(31-25(21)24)14-15-23(33-35(10,11)27(5,6)7)20-30-34(8,9)26(2,3)4/h21-25H,12-20H2,1-11H3/t21-,22?,23+,24-,25-,28+/m0/s1. The van der Waals surface area contributed by atoms with E-state index >= 15 is 0 Å². The minimum Gasteiger partial charge on any atom is -0.414 e. The highest BCUT2D eigenvalue weighted by molar-refractivity contribution is 6.74. The molecule has 3 fully saturated rings. The Hall–Kier alpha value is 0.234. The van der Waals surface area contributed by atoms with Gasteiger partial charge in [0.25, 0.3) is 0 Å². The molecule has 35 heavy (non-hydrogen) atoms. The maximum atomic E-state index is 6.93. The summed E-state index contributed by atoms with van der Waals surface area (Å²) in [7, 11) is -3.74. The van der Waals surface area contributed by atoms with Gasteiger partial charge < -0.3 is 23.1 Å². The Morgan fingerprint density at radius 3 is 2.20 bits per heavy atom. The summed E-state index contributed by atoms with van der Waals surface area (Å²) in [6.07, 6.45) is 7.97. The van der Waals surface area contributed by atoms with Gasteiger partial charge in [-0.15, -0.1) is 0 Å². The van der Waals surface area contributed by atoms with Crippen LogP contribution in [0.1, 0.15) is 93.4 Å². The SMILES string of the molecule is C[C@H]1C[C@@]2(CCCCO2)O[C@H]2CC(CC[C@H](CO[Si](C)(C)C(C)(C)C)O[Si](C)(C)C(C)(C)C)O[C@H]21. The lowest BCUT2D eigenvalue weighted by Crippen LogP contribution is -2.52. The van der Waals surface area contributed by atoms with E-state index in [-0.39, 0.29) is 40.3 Å². The zero-order chi connectivity index (χ0) is 26.3. The number of hydrogen-bond acceptors (Lipinski definition) is 5. The predicted octanol–water partition coefficient (Wildman–Crippen LogP) is 7.66. The van der Waals surface area contributed by atoms with Gasteiger partial charge in [-0.25, -0.2) is 0 Å². The second kappa shape index (κ2) is 10.8. The van der Waals surface area contributed by atoms with E-state index < -0.39 is 16.6 Å². The summed E-state index contributed by atoms with van der Waals surface area (Å²) in [5, 5.41) is 0.377. The second-order valence-corrected chi connectivity index (χ2v) is 24.2. The lowest BCUT2D eigenvalue weighted by atomic mass is 9.85. The Morgan fingerprint density at radius 2 is 1.63 bits per heavy atom. The molecule has 3 aliphatic heterocycles. The third-order valence-electron chi connectivity index (χ3n) is 9.60. The lowest BCUT2D eigenvalue weighted by Gasteiger charge is -2.46. The summed E-state index contributed by atoms with van der Waals surface area (Å²) in [6, 6.07) is 0. The molecule has 3 saturated heterocycles. The van der Waals surface area contributed by atoms with Gasteiger partial charge in [0.05, 0.1) is 37.6 Å². The Labute approximate surface area is 218 Å².